The predicted octanol–water partition coefficient (Wildman–Crippen LogP) is 0.275. The van der Waals surface area contributed by atoms with Crippen LogP contribution in [-0.2, 0) is 0 Å². The summed E-state index contributed by atoms with van der Waals surface area (Å²) in [4.78, 5) is 14.3. The molecule has 1 aromatic rings. The minimum Gasteiger partial charge on any atom is -0.391 e. The molecule has 0 aliphatic carbocycles. The fraction of sp³-hybridized carbons (Fsp3) is 0.333. The first-order valence-corrected chi connectivity index (χ1v) is 4.01. The lowest BCUT2D eigenvalue weighted by atomic mass is 10.1. The number of carbonyl (C=O) groups is 1. The Morgan fingerprint density at radius 3 is 2.85 bits per heavy atom. The van der Waals surface area contributed by atoms with Crippen molar-refractivity contribution in [1.29, 1.82) is 0 Å². The van der Waals surface area contributed by atoms with E-state index in [9.17, 15) is 9.90 Å². The zero-order chi connectivity index (χ0) is 9.84. The number of aromatic nitrogens is 1. The number of aliphatic hydroxyl groups is 1. The molecule has 0 saturated heterocycles. The molecule has 0 saturated carbocycles. The molecule has 3 N–H and O–H groups in total. The fourth-order valence-electron chi connectivity index (χ4n) is 0.967. The number of rotatable bonds is 3. The summed E-state index contributed by atoms with van der Waals surface area (Å²) < 4.78 is 0. The van der Waals surface area contributed by atoms with Gasteiger partial charge in [-0.25, -0.2) is 4.98 Å². The largest absolute Gasteiger partial charge is 0.391 e. The molecule has 1 heterocycles. The molecule has 0 unspecified atom stereocenters. The topological polar surface area (TPSA) is 76.2 Å². The number of hydrogen-bond donors (Lipinski definition) is 2. The van der Waals surface area contributed by atoms with E-state index < -0.39 is 12.1 Å². The second-order valence-electron chi connectivity index (χ2n) is 2.87. The van der Waals surface area contributed by atoms with Gasteiger partial charge in [0.2, 0.25) is 0 Å². The van der Waals surface area contributed by atoms with Gasteiger partial charge in [0, 0.05) is 0 Å². The lowest BCUT2D eigenvalue weighted by Gasteiger charge is -2.13. The molecular weight excluding hydrogens is 168 g/mol. The quantitative estimate of drug-likeness (QED) is 0.655. The smallest absolute Gasteiger partial charge is 0.168 e. The fourth-order valence-corrected chi connectivity index (χ4v) is 0.967. The summed E-state index contributed by atoms with van der Waals surface area (Å²) in [6.45, 7) is 1.58. The Morgan fingerprint density at radius 2 is 2.31 bits per heavy atom. The van der Waals surface area contributed by atoms with Crippen LogP contribution in [0.1, 0.15) is 29.1 Å². The van der Waals surface area contributed by atoms with Crippen LogP contribution in [0.3, 0.4) is 0 Å². The van der Waals surface area contributed by atoms with E-state index in [1.165, 1.54) is 0 Å². The first-order chi connectivity index (χ1) is 6.15. The summed E-state index contributed by atoms with van der Waals surface area (Å²) in [5, 5.41) is 9.18. The van der Waals surface area contributed by atoms with Crippen molar-refractivity contribution in [3.05, 3.63) is 29.6 Å². The van der Waals surface area contributed by atoms with Crippen molar-refractivity contribution in [3.8, 4) is 0 Å². The molecule has 0 amide bonds. The monoisotopic (exact) mass is 180 g/mol. The minimum atomic E-state index is -0.672. The van der Waals surface area contributed by atoms with Crippen LogP contribution < -0.4 is 5.73 Å². The summed E-state index contributed by atoms with van der Waals surface area (Å²) in [7, 11) is 0. The molecule has 0 aliphatic rings. The van der Waals surface area contributed by atoms with Gasteiger partial charge in [0.05, 0.1) is 17.8 Å². The highest BCUT2D eigenvalue weighted by atomic mass is 16.3. The van der Waals surface area contributed by atoms with Gasteiger partial charge in [0.15, 0.2) is 6.29 Å². The molecule has 2 atom stereocenters. The molecule has 0 spiro atoms. The van der Waals surface area contributed by atoms with Crippen LogP contribution in [-0.4, -0.2) is 22.5 Å². The number of carbonyl (C=O) groups excluding carboxylic acids is 1. The van der Waals surface area contributed by atoms with Gasteiger partial charge < -0.3 is 10.8 Å². The summed E-state index contributed by atoms with van der Waals surface area (Å²) in [5.74, 6) is 0. The summed E-state index contributed by atoms with van der Waals surface area (Å²) >= 11 is 0. The summed E-state index contributed by atoms with van der Waals surface area (Å²) in [5.41, 5.74) is 6.49. The molecule has 4 heteroatoms. The van der Waals surface area contributed by atoms with E-state index >= 15 is 0 Å². The van der Waals surface area contributed by atoms with E-state index in [2.05, 4.69) is 4.98 Å². The number of hydrogen-bond acceptors (Lipinski definition) is 4. The second-order valence-corrected chi connectivity index (χ2v) is 2.87. The van der Waals surface area contributed by atoms with Crippen molar-refractivity contribution in [1.82, 2.24) is 4.98 Å². The van der Waals surface area contributed by atoms with Crippen LogP contribution in [0.25, 0.3) is 0 Å². The van der Waals surface area contributed by atoms with E-state index in [0.717, 1.165) is 0 Å². The zero-order valence-corrected chi connectivity index (χ0v) is 7.34. The van der Waals surface area contributed by atoms with Crippen molar-refractivity contribution >= 4 is 6.29 Å². The van der Waals surface area contributed by atoms with Gasteiger partial charge in [0.1, 0.15) is 5.69 Å². The molecular formula is C9H12N2O2. The molecule has 4 nitrogen and oxygen atoms in total. The molecule has 0 radical (unpaired) electrons. The van der Waals surface area contributed by atoms with Gasteiger partial charge in [0.25, 0.3) is 0 Å². The highest BCUT2D eigenvalue weighted by Crippen LogP contribution is 2.11. The van der Waals surface area contributed by atoms with Gasteiger partial charge >= 0.3 is 0 Å². The minimum absolute atomic E-state index is 0.327. The normalized spacial score (nSPS) is 15.0. The van der Waals surface area contributed by atoms with Crippen LogP contribution in [0, 0.1) is 0 Å². The molecule has 0 fully saturated rings. The van der Waals surface area contributed by atoms with E-state index in [4.69, 9.17) is 5.73 Å². The highest BCUT2D eigenvalue weighted by Gasteiger charge is 2.13. The van der Waals surface area contributed by atoms with Crippen molar-refractivity contribution in [2.45, 2.75) is 19.1 Å². The maximum atomic E-state index is 10.4. The van der Waals surface area contributed by atoms with Crippen molar-refractivity contribution in [3.63, 3.8) is 0 Å². The molecule has 1 aromatic heterocycles. The Kier molecular flexibility index (Phi) is 3.11. The van der Waals surface area contributed by atoms with E-state index in [-0.39, 0.29) is 0 Å². The SMILES string of the molecule is C[C@@H](O)[C@@H](N)c1cccc(C=O)n1. The first-order valence-electron chi connectivity index (χ1n) is 4.01. The lowest BCUT2D eigenvalue weighted by Crippen LogP contribution is -2.24. The summed E-state index contributed by atoms with van der Waals surface area (Å²) in [6, 6.07) is 4.42. The van der Waals surface area contributed by atoms with Gasteiger partial charge in [-0.1, -0.05) is 6.07 Å². The Labute approximate surface area is 76.4 Å². The third-order valence-electron chi connectivity index (χ3n) is 1.77. The average Bonchev–Trinajstić information content (AvgIpc) is 2.16. The third-order valence-corrected chi connectivity index (χ3v) is 1.77. The van der Waals surface area contributed by atoms with Crippen LogP contribution in [0.15, 0.2) is 18.2 Å². The second kappa shape index (κ2) is 4.11. The Hall–Kier alpha value is -1.26. The number of nitrogens with zero attached hydrogens (tertiary/aromatic N) is 1. The van der Waals surface area contributed by atoms with Crippen LogP contribution in [0.2, 0.25) is 0 Å². The molecule has 0 aliphatic heterocycles. The molecule has 70 valence electrons. The van der Waals surface area contributed by atoms with E-state index in [0.29, 0.717) is 17.7 Å². The van der Waals surface area contributed by atoms with Crippen LogP contribution >= 0.6 is 0 Å². The van der Waals surface area contributed by atoms with Crippen LogP contribution in [0.4, 0.5) is 0 Å². The Balaban J connectivity index is 2.94. The summed E-state index contributed by atoms with van der Waals surface area (Å²) in [6.07, 6.45) is -0.0208. The van der Waals surface area contributed by atoms with Crippen molar-refractivity contribution < 1.29 is 9.90 Å². The Bertz CT molecular complexity index is 299. The predicted molar refractivity (Wildman–Crippen MR) is 48.2 cm³/mol. The molecule has 1 rings (SSSR count). The number of nitrogens with two attached hydrogens (primary N) is 1. The van der Waals surface area contributed by atoms with Gasteiger partial charge in [-0.05, 0) is 19.1 Å². The average molecular weight is 180 g/mol. The Morgan fingerprint density at radius 1 is 1.62 bits per heavy atom. The molecule has 0 aromatic carbocycles. The van der Waals surface area contributed by atoms with Crippen LogP contribution in [0.5, 0.6) is 0 Å². The lowest BCUT2D eigenvalue weighted by molar-refractivity contribution is 0.111. The van der Waals surface area contributed by atoms with Gasteiger partial charge in [-0.3, -0.25) is 4.79 Å². The van der Waals surface area contributed by atoms with E-state index in [1.807, 2.05) is 0 Å². The maximum absolute atomic E-state index is 10.4. The standard InChI is InChI=1S/C9H12N2O2/c1-6(13)9(10)8-4-2-3-7(5-12)11-8/h2-6,9,13H,10H2,1H3/t6-,9-/m1/s1. The zero-order valence-electron chi connectivity index (χ0n) is 7.34. The number of aldehydes is 1. The highest BCUT2D eigenvalue weighted by molar-refractivity contribution is 5.71. The van der Waals surface area contributed by atoms with Gasteiger partial charge in [-0.15, -0.1) is 0 Å². The maximum Gasteiger partial charge on any atom is 0.168 e. The third kappa shape index (κ3) is 2.34. The number of aliphatic hydroxyl groups excluding tert-OH is 1. The molecule has 0 bridgehead atoms. The molecule has 13 heavy (non-hydrogen) atoms. The first kappa shape index (κ1) is 9.83. The van der Waals surface area contributed by atoms with Crippen molar-refractivity contribution in [2.24, 2.45) is 5.73 Å². The van der Waals surface area contributed by atoms with E-state index in [1.54, 1.807) is 25.1 Å². The number of pyridine rings is 1. The van der Waals surface area contributed by atoms with Gasteiger partial charge in [-0.2, -0.15) is 0 Å². The van der Waals surface area contributed by atoms with Crippen molar-refractivity contribution in [2.75, 3.05) is 0 Å².